The predicted octanol–water partition coefficient (Wildman–Crippen LogP) is 4.63. The third-order valence-corrected chi connectivity index (χ3v) is 4.34. The van der Waals surface area contributed by atoms with Gasteiger partial charge in [-0.1, -0.05) is 24.3 Å². The zero-order chi connectivity index (χ0) is 18.8. The maximum absolute atomic E-state index is 13.0. The van der Waals surface area contributed by atoms with Gasteiger partial charge in [0.1, 0.15) is 11.5 Å². The van der Waals surface area contributed by atoms with Crippen LogP contribution >= 0.6 is 0 Å². The van der Waals surface area contributed by atoms with Crippen LogP contribution in [0.5, 0.6) is 0 Å². The van der Waals surface area contributed by atoms with Crippen molar-refractivity contribution in [3.8, 4) is 11.3 Å². The Bertz CT molecular complexity index is 1120. The number of nitrogens with one attached hydrogen (secondary N) is 1. The van der Waals surface area contributed by atoms with Gasteiger partial charge in [-0.3, -0.25) is 4.79 Å². The molecule has 0 aliphatic carbocycles. The molecule has 4 aromatic rings. The smallest absolute Gasteiger partial charge is 0.228 e. The van der Waals surface area contributed by atoms with Crippen molar-refractivity contribution in [2.75, 3.05) is 5.32 Å². The summed E-state index contributed by atoms with van der Waals surface area (Å²) in [7, 11) is 0. The third-order valence-electron chi connectivity index (χ3n) is 4.34. The van der Waals surface area contributed by atoms with Crippen LogP contribution in [-0.4, -0.2) is 15.3 Å². The molecule has 134 valence electrons. The normalized spacial score (nSPS) is 10.9. The molecule has 2 heterocycles. The summed E-state index contributed by atoms with van der Waals surface area (Å²) in [6.45, 7) is 2.03. The third kappa shape index (κ3) is 3.87. The van der Waals surface area contributed by atoms with Gasteiger partial charge in [0.25, 0.3) is 0 Å². The number of carbonyl (C=O) groups excluding carboxylic acids is 1. The van der Waals surface area contributed by atoms with Crippen LogP contribution in [0.3, 0.4) is 0 Å². The van der Waals surface area contributed by atoms with Gasteiger partial charge < -0.3 is 9.72 Å². The molecule has 2 aromatic carbocycles. The highest BCUT2D eigenvalue weighted by Crippen LogP contribution is 2.23. The minimum Gasteiger partial charge on any atom is -0.326 e. The van der Waals surface area contributed by atoms with Crippen LogP contribution in [-0.2, 0) is 11.2 Å². The number of aryl methyl sites for hydroxylation is 1. The highest BCUT2D eigenvalue weighted by Gasteiger charge is 2.08. The molecular weight excluding hydrogens is 341 g/mol. The van der Waals surface area contributed by atoms with E-state index in [4.69, 9.17) is 0 Å². The Morgan fingerprint density at radius 3 is 2.74 bits per heavy atom. The summed E-state index contributed by atoms with van der Waals surface area (Å²) in [5, 5.41) is 2.89. The monoisotopic (exact) mass is 359 g/mol. The van der Waals surface area contributed by atoms with Crippen LogP contribution in [0.2, 0.25) is 0 Å². The number of carbonyl (C=O) groups is 1. The fraction of sp³-hybridized carbons (Fsp3) is 0.0909. The summed E-state index contributed by atoms with van der Waals surface area (Å²) >= 11 is 0. The van der Waals surface area contributed by atoms with Crippen molar-refractivity contribution in [1.82, 2.24) is 9.38 Å². The number of anilines is 1. The highest BCUT2D eigenvalue weighted by molar-refractivity contribution is 5.92. The van der Waals surface area contributed by atoms with Gasteiger partial charge in [-0.15, -0.1) is 0 Å². The van der Waals surface area contributed by atoms with Crippen molar-refractivity contribution in [1.29, 1.82) is 0 Å². The quantitative estimate of drug-likeness (QED) is 0.577. The van der Waals surface area contributed by atoms with E-state index in [1.165, 1.54) is 12.1 Å². The van der Waals surface area contributed by atoms with E-state index >= 15 is 0 Å². The fourth-order valence-corrected chi connectivity index (χ4v) is 2.97. The molecule has 5 heteroatoms. The number of fused-ring (bicyclic) bond motifs is 1. The van der Waals surface area contributed by atoms with Crippen molar-refractivity contribution >= 4 is 17.2 Å². The topological polar surface area (TPSA) is 46.4 Å². The molecule has 0 radical (unpaired) electrons. The lowest BCUT2D eigenvalue weighted by Crippen LogP contribution is -2.14. The number of aromatic nitrogens is 2. The van der Waals surface area contributed by atoms with Crippen LogP contribution in [0, 0.1) is 12.7 Å². The van der Waals surface area contributed by atoms with Gasteiger partial charge in [-0.2, -0.15) is 0 Å². The van der Waals surface area contributed by atoms with Gasteiger partial charge >= 0.3 is 0 Å². The minimum absolute atomic E-state index is 0.149. The van der Waals surface area contributed by atoms with Gasteiger partial charge in [-0.05, 0) is 54.4 Å². The molecule has 0 bridgehead atoms. The maximum Gasteiger partial charge on any atom is 0.228 e. The lowest BCUT2D eigenvalue weighted by atomic mass is 10.1. The van der Waals surface area contributed by atoms with Crippen LogP contribution in [0.1, 0.15) is 11.1 Å². The second kappa shape index (κ2) is 7.03. The molecule has 2 aromatic heterocycles. The second-order valence-electron chi connectivity index (χ2n) is 6.53. The van der Waals surface area contributed by atoms with E-state index < -0.39 is 0 Å². The SMILES string of the molecule is Cc1ccn2cc(-c3cccc(NC(=O)Cc4ccc(F)cc4)c3)nc2c1. The Morgan fingerprint density at radius 2 is 1.93 bits per heavy atom. The summed E-state index contributed by atoms with van der Waals surface area (Å²) in [6.07, 6.45) is 4.14. The number of hydrogen-bond donors (Lipinski definition) is 1. The van der Waals surface area contributed by atoms with E-state index in [0.717, 1.165) is 28.0 Å². The lowest BCUT2D eigenvalue weighted by Gasteiger charge is -2.07. The number of pyridine rings is 1. The number of benzene rings is 2. The van der Waals surface area contributed by atoms with Crippen molar-refractivity contribution in [2.24, 2.45) is 0 Å². The molecule has 0 aliphatic heterocycles. The zero-order valence-corrected chi connectivity index (χ0v) is 14.8. The predicted molar refractivity (Wildman–Crippen MR) is 104 cm³/mol. The van der Waals surface area contributed by atoms with Gasteiger partial charge in [0.05, 0.1) is 12.1 Å². The van der Waals surface area contributed by atoms with Gasteiger partial charge in [-0.25, -0.2) is 9.37 Å². The Morgan fingerprint density at radius 1 is 1.11 bits per heavy atom. The number of halogens is 1. The number of rotatable bonds is 4. The molecule has 0 unspecified atom stereocenters. The molecule has 0 saturated carbocycles. The molecule has 0 fully saturated rings. The molecule has 0 saturated heterocycles. The molecule has 1 N–H and O–H groups in total. The molecule has 1 amide bonds. The highest BCUT2D eigenvalue weighted by atomic mass is 19.1. The first kappa shape index (κ1) is 17.0. The van der Waals surface area contributed by atoms with Crippen molar-refractivity contribution in [3.05, 3.63) is 90.0 Å². The molecule has 27 heavy (non-hydrogen) atoms. The van der Waals surface area contributed by atoms with E-state index in [1.807, 2.05) is 60.1 Å². The number of imidazole rings is 1. The lowest BCUT2D eigenvalue weighted by molar-refractivity contribution is -0.115. The largest absolute Gasteiger partial charge is 0.326 e. The molecular formula is C22H18FN3O. The average molecular weight is 359 g/mol. The van der Waals surface area contributed by atoms with E-state index in [0.29, 0.717) is 5.69 Å². The van der Waals surface area contributed by atoms with Gasteiger partial charge in [0.2, 0.25) is 5.91 Å². The average Bonchev–Trinajstić information content (AvgIpc) is 3.07. The first-order valence-electron chi connectivity index (χ1n) is 8.67. The van der Waals surface area contributed by atoms with Crippen LogP contribution in [0.15, 0.2) is 73.1 Å². The van der Waals surface area contributed by atoms with Crippen molar-refractivity contribution in [3.63, 3.8) is 0 Å². The summed E-state index contributed by atoms with van der Waals surface area (Å²) in [6, 6.07) is 17.6. The van der Waals surface area contributed by atoms with Crippen molar-refractivity contribution < 1.29 is 9.18 Å². The Labute approximate surface area is 156 Å². The Kier molecular flexibility index (Phi) is 4.42. The number of amides is 1. The molecule has 4 rings (SSSR count). The van der Waals surface area contributed by atoms with Gasteiger partial charge in [0, 0.05) is 23.6 Å². The van der Waals surface area contributed by atoms with Crippen LogP contribution in [0.4, 0.5) is 10.1 Å². The van der Waals surface area contributed by atoms with E-state index in [2.05, 4.69) is 10.3 Å². The van der Waals surface area contributed by atoms with Gasteiger partial charge in [0.15, 0.2) is 0 Å². The first-order valence-corrected chi connectivity index (χ1v) is 8.67. The van der Waals surface area contributed by atoms with Crippen LogP contribution in [0.25, 0.3) is 16.9 Å². The first-order chi connectivity index (χ1) is 13.1. The van der Waals surface area contributed by atoms with E-state index in [-0.39, 0.29) is 18.1 Å². The summed E-state index contributed by atoms with van der Waals surface area (Å²) in [5.41, 5.74) is 5.27. The fourth-order valence-electron chi connectivity index (χ4n) is 2.97. The standard InChI is InChI=1S/C22H18FN3O/c1-15-9-10-26-14-20(25-21(26)11-15)17-3-2-4-19(13-17)24-22(27)12-16-5-7-18(23)8-6-16/h2-11,13-14H,12H2,1H3,(H,24,27). The molecule has 0 aliphatic rings. The Hall–Kier alpha value is -3.47. The van der Waals surface area contributed by atoms with E-state index in [9.17, 15) is 9.18 Å². The van der Waals surface area contributed by atoms with Crippen LogP contribution < -0.4 is 5.32 Å². The maximum atomic E-state index is 13.0. The molecule has 4 nitrogen and oxygen atoms in total. The number of hydrogen-bond acceptors (Lipinski definition) is 2. The zero-order valence-electron chi connectivity index (χ0n) is 14.8. The minimum atomic E-state index is -0.311. The summed E-state index contributed by atoms with van der Waals surface area (Å²) in [4.78, 5) is 16.9. The molecule has 0 spiro atoms. The summed E-state index contributed by atoms with van der Waals surface area (Å²) < 4.78 is 14.9. The molecule has 0 atom stereocenters. The summed E-state index contributed by atoms with van der Waals surface area (Å²) in [5.74, 6) is -0.459. The second-order valence-corrected chi connectivity index (χ2v) is 6.53. The Balaban J connectivity index is 1.52. The number of nitrogens with zero attached hydrogens (tertiary/aromatic N) is 2. The van der Waals surface area contributed by atoms with Crippen molar-refractivity contribution in [2.45, 2.75) is 13.3 Å². The van der Waals surface area contributed by atoms with E-state index in [1.54, 1.807) is 12.1 Å².